The van der Waals surface area contributed by atoms with E-state index in [9.17, 15) is 18.0 Å². The van der Waals surface area contributed by atoms with Crippen LogP contribution in [0.5, 0.6) is 0 Å². The molecule has 1 aromatic heterocycles. The summed E-state index contributed by atoms with van der Waals surface area (Å²) in [4.78, 5) is 10.7. The van der Waals surface area contributed by atoms with Gasteiger partial charge in [0.1, 0.15) is 6.29 Å². The van der Waals surface area contributed by atoms with E-state index in [-0.39, 0.29) is 10.7 Å². The lowest BCUT2D eigenvalue weighted by atomic mass is 10.1. The second-order valence-electron chi connectivity index (χ2n) is 5.02. The Balaban J connectivity index is 2.21. The van der Waals surface area contributed by atoms with Gasteiger partial charge < -0.3 is 0 Å². The molecule has 0 N–H and O–H groups in total. The third kappa shape index (κ3) is 3.05. The number of nitrogens with zero attached hydrogens (tertiary/aromatic N) is 2. The number of para-hydroxylation sites is 1. The predicted molar refractivity (Wildman–Crippen MR) is 84.4 cm³/mol. The van der Waals surface area contributed by atoms with E-state index in [1.807, 2.05) is 0 Å². The molecule has 0 amide bonds. The highest BCUT2D eigenvalue weighted by molar-refractivity contribution is 6.32. The van der Waals surface area contributed by atoms with E-state index in [4.69, 9.17) is 11.6 Å². The molecule has 0 aliphatic heterocycles. The van der Waals surface area contributed by atoms with Crippen LogP contribution in [0.1, 0.15) is 16.1 Å². The quantitative estimate of drug-likeness (QED) is 0.621. The molecule has 24 heavy (non-hydrogen) atoms. The van der Waals surface area contributed by atoms with Crippen LogP contribution in [0, 0.1) is 0 Å². The summed E-state index contributed by atoms with van der Waals surface area (Å²) in [7, 11) is 0. The highest BCUT2D eigenvalue weighted by atomic mass is 35.5. The second kappa shape index (κ2) is 6.13. The molecule has 0 saturated heterocycles. The van der Waals surface area contributed by atoms with E-state index in [0.29, 0.717) is 23.1 Å². The van der Waals surface area contributed by atoms with Crippen molar-refractivity contribution in [2.24, 2.45) is 0 Å². The van der Waals surface area contributed by atoms with Crippen molar-refractivity contribution in [1.29, 1.82) is 0 Å². The van der Waals surface area contributed by atoms with Gasteiger partial charge in [-0.25, -0.2) is 4.68 Å². The molecule has 3 aromatic rings. The summed E-state index contributed by atoms with van der Waals surface area (Å²) < 4.78 is 40.4. The molecule has 0 atom stereocenters. The smallest absolute Gasteiger partial charge is 0.298 e. The van der Waals surface area contributed by atoms with Crippen molar-refractivity contribution in [2.45, 2.75) is 6.18 Å². The minimum atomic E-state index is -4.58. The predicted octanol–water partition coefficient (Wildman–Crippen LogP) is 5.02. The Morgan fingerprint density at radius 2 is 1.71 bits per heavy atom. The Morgan fingerprint density at radius 3 is 2.29 bits per heavy atom. The maximum absolute atomic E-state index is 13.1. The third-order valence-electron chi connectivity index (χ3n) is 3.42. The van der Waals surface area contributed by atoms with E-state index in [0.717, 1.165) is 10.7 Å². The summed E-state index contributed by atoms with van der Waals surface area (Å²) in [6.45, 7) is 0. The lowest BCUT2D eigenvalue weighted by molar-refractivity contribution is -0.141. The Morgan fingerprint density at radius 1 is 1.04 bits per heavy atom. The summed E-state index contributed by atoms with van der Waals surface area (Å²) in [5.74, 6) is 0. The van der Waals surface area contributed by atoms with Crippen LogP contribution in [-0.4, -0.2) is 16.1 Å². The first kappa shape index (κ1) is 16.3. The largest absolute Gasteiger partial charge is 0.435 e. The van der Waals surface area contributed by atoms with Crippen LogP contribution in [0.4, 0.5) is 13.2 Å². The van der Waals surface area contributed by atoms with Crippen molar-refractivity contribution < 1.29 is 18.0 Å². The van der Waals surface area contributed by atoms with Crippen LogP contribution >= 0.6 is 11.6 Å². The number of hydrogen-bond acceptors (Lipinski definition) is 2. The van der Waals surface area contributed by atoms with Gasteiger partial charge in [-0.3, -0.25) is 4.79 Å². The molecule has 2 aromatic carbocycles. The highest BCUT2D eigenvalue weighted by Gasteiger charge is 2.35. The molecule has 0 spiro atoms. The Bertz CT molecular complexity index is 886. The monoisotopic (exact) mass is 350 g/mol. The molecule has 0 saturated carbocycles. The fraction of sp³-hybridized carbons (Fsp3) is 0.0588. The third-order valence-corrected chi connectivity index (χ3v) is 3.74. The van der Waals surface area contributed by atoms with Crippen molar-refractivity contribution in [1.82, 2.24) is 9.78 Å². The van der Waals surface area contributed by atoms with Gasteiger partial charge in [0.25, 0.3) is 0 Å². The Labute approximate surface area is 140 Å². The lowest BCUT2D eigenvalue weighted by Gasteiger charge is -2.09. The SMILES string of the molecule is O=Cc1ccc(-c2cc(C(F)(F)F)nn2-c2ccccc2Cl)cc1. The molecule has 1 heterocycles. The first-order chi connectivity index (χ1) is 11.4. The molecule has 3 rings (SSSR count). The normalized spacial score (nSPS) is 11.5. The topological polar surface area (TPSA) is 34.9 Å². The molecule has 3 nitrogen and oxygen atoms in total. The zero-order valence-corrected chi connectivity index (χ0v) is 12.8. The number of halogens is 4. The van der Waals surface area contributed by atoms with E-state index in [1.165, 1.54) is 12.1 Å². The zero-order valence-electron chi connectivity index (χ0n) is 12.1. The van der Waals surface area contributed by atoms with Gasteiger partial charge in [-0.05, 0) is 18.2 Å². The van der Waals surface area contributed by atoms with Crippen LogP contribution < -0.4 is 0 Å². The fourth-order valence-electron chi connectivity index (χ4n) is 2.26. The van der Waals surface area contributed by atoms with Gasteiger partial charge in [-0.2, -0.15) is 18.3 Å². The summed E-state index contributed by atoms with van der Waals surface area (Å²) >= 11 is 6.10. The van der Waals surface area contributed by atoms with Gasteiger partial charge in [-0.1, -0.05) is 48.0 Å². The van der Waals surface area contributed by atoms with E-state index in [1.54, 1.807) is 36.4 Å². The number of rotatable bonds is 3. The molecule has 0 aliphatic carbocycles. The van der Waals surface area contributed by atoms with Crippen molar-refractivity contribution in [3.63, 3.8) is 0 Å². The fourth-order valence-corrected chi connectivity index (χ4v) is 2.48. The Hall–Kier alpha value is -2.60. The van der Waals surface area contributed by atoms with Gasteiger partial charge in [-0.15, -0.1) is 0 Å². The van der Waals surface area contributed by atoms with Crippen LogP contribution in [0.25, 0.3) is 16.9 Å². The number of hydrogen-bond donors (Lipinski definition) is 0. The van der Waals surface area contributed by atoms with Crippen LogP contribution in [-0.2, 0) is 6.18 Å². The van der Waals surface area contributed by atoms with Gasteiger partial charge in [0.2, 0.25) is 0 Å². The summed E-state index contributed by atoms with van der Waals surface area (Å²) in [6.07, 6.45) is -3.92. The average molecular weight is 351 g/mol. The first-order valence-corrected chi connectivity index (χ1v) is 7.26. The van der Waals surface area contributed by atoms with Gasteiger partial charge in [0, 0.05) is 11.1 Å². The van der Waals surface area contributed by atoms with Crippen LogP contribution in [0.3, 0.4) is 0 Å². The molecular weight excluding hydrogens is 341 g/mol. The highest BCUT2D eigenvalue weighted by Crippen LogP contribution is 2.34. The van der Waals surface area contributed by atoms with Crippen LogP contribution in [0.2, 0.25) is 5.02 Å². The molecule has 0 bridgehead atoms. The molecule has 0 fully saturated rings. The van der Waals surface area contributed by atoms with E-state index < -0.39 is 11.9 Å². The van der Waals surface area contributed by atoms with Gasteiger partial charge in [0.15, 0.2) is 5.69 Å². The standard InChI is InChI=1S/C17H10ClF3N2O/c18-13-3-1-2-4-14(13)23-15(9-16(22-23)17(19,20)21)12-7-5-11(10-24)6-8-12/h1-10H. The maximum atomic E-state index is 13.1. The summed E-state index contributed by atoms with van der Waals surface area (Å²) in [6, 6.07) is 13.6. The van der Waals surface area contributed by atoms with Gasteiger partial charge >= 0.3 is 6.18 Å². The average Bonchev–Trinajstić information content (AvgIpc) is 3.01. The molecule has 0 aliphatic rings. The summed E-state index contributed by atoms with van der Waals surface area (Å²) in [5, 5.41) is 3.95. The Kier molecular flexibility index (Phi) is 4.15. The van der Waals surface area contributed by atoms with Crippen molar-refractivity contribution in [2.75, 3.05) is 0 Å². The second-order valence-corrected chi connectivity index (χ2v) is 5.42. The number of aromatic nitrogens is 2. The molecule has 122 valence electrons. The number of alkyl halides is 3. The van der Waals surface area contributed by atoms with Gasteiger partial charge in [0.05, 0.1) is 16.4 Å². The maximum Gasteiger partial charge on any atom is 0.435 e. The number of carbonyl (C=O) groups is 1. The van der Waals surface area contributed by atoms with E-state index >= 15 is 0 Å². The van der Waals surface area contributed by atoms with Crippen molar-refractivity contribution in [3.05, 3.63) is 70.9 Å². The zero-order chi connectivity index (χ0) is 17.3. The first-order valence-electron chi connectivity index (χ1n) is 6.88. The van der Waals surface area contributed by atoms with Crippen molar-refractivity contribution in [3.8, 4) is 16.9 Å². The molecule has 0 unspecified atom stereocenters. The minimum Gasteiger partial charge on any atom is -0.298 e. The van der Waals surface area contributed by atoms with E-state index in [2.05, 4.69) is 5.10 Å². The van der Waals surface area contributed by atoms with Crippen LogP contribution in [0.15, 0.2) is 54.6 Å². The molecular formula is C17H10ClF3N2O. The molecule has 7 heteroatoms. The summed E-state index contributed by atoms with van der Waals surface area (Å²) in [5.41, 5.74) is 0.469. The van der Waals surface area contributed by atoms with Crippen molar-refractivity contribution >= 4 is 17.9 Å². The number of benzene rings is 2. The number of aldehydes is 1. The lowest BCUT2D eigenvalue weighted by Crippen LogP contribution is -2.07. The molecule has 0 radical (unpaired) electrons. The number of carbonyl (C=O) groups excluding carboxylic acids is 1. The minimum absolute atomic E-state index is 0.230.